The molecule has 1 aromatic carbocycles. The minimum Gasteiger partial charge on any atom is -0.497 e. The molecule has 1 saturated heterocycles. The number of benzene rings is 1. The molecule has 2 atom stereocenters. The number of ether oxygens (including phenoxy) is 1. The van der Waals surface area contributed by atoms with Gasteiger partial charge >= 0.3 is 0 Å². The van der Waals surface area contributed by atoms with Gasteiger partial charge in [0, 0.05) is 32.1 Å². The van der Waals surface area contributed by atoms with Gasteiger partial charge in [-0.2, -0.15) is 0 Å². The second kappa shape index (κ2) is 6.72. The summed E-state index contributed by atoms with van der Waals surface area (Å²) in [6, 6.07) is 7.39. The van der Waals surface area contributed by atoms with E-state index in [1.54, 1.807) is 12.0 Å². The van der Waals surface area contributed by atoms with Crippen LogP contribution in [0.1, 0.15) is 24.4 Å². The first-order chi connectivity index (χ1) is 9.69. The van der Waals surface area contributed by atoms with E-state index in [4.69, 9.17) is 4.74 Å². The van der Waals surface area contributed by atoms with Crippen molar-refractivity contribution in [1.82, 2.24) is 4.90 Å². The van der Waals surface area contributed by atoms with Crippen LogP contribution in [0, 0.1) is 5.92 Å². The van der Waals surface area contributed by atoms with Crippen LogP contribution < -0.4 is 4.74 Å². The second-order valence-corrected chi connectivity index (χ2v) is 5.10. The average Bonchev–Trinajstić information content (AvgIpc) is 2.86. The minimum atomic E-state index is -0.144. The first-order valence-corrected chi connectivity index (χ1v) is 6.84. The van der Waals surface area contributed by atoms with E-state index in [1.807, 2.05) is 24.3 Å². The van der Waals surface area contributed by atoms with Crippen LogP contribution in [0.2, 0.25) is 0 Å². The van der Waals surface area contributed by atoms with Gasteiger partial charge in [-0.3, -0.25) is 4.79 Å². The standard InChI is InChI=1S/C15H21NO4/c1-20-13-4-2-12(3-5-13)14(6-7-17)16-9-11(10-18)8-15(16)19/h2-5,11,14,17-18H,6-10H2,1H3. The van der Waals surface area contributed by atoms with Crippen LogP contribution in [-0.4, -0.2) is 47.9 Å². The van der Waals surface area contributed by atoms with Crippen LogP contribution in [0.15, 0.2) is 24.3 Å². The van der Waals surface area contributed by atoms with Crippen molar-refractivity contribution < 1.29 is 19.7 Å². The normalized spacial score (nSPS) is 20.2. The molecule has 20 heavy (non-hydrogen) atoms. The topological polar surface area (TPSA) is 70.0 Å². The van der Waals surface area contributed by atoms with Gasteiger partial charge in [0.25, 0.3) is 0 Å². The van der Waals surface area contributed by atoms with Crippen molar-refractivity contribution in [3.05, 3.63) is 29.8 Å². The summed E-state index contributed by atoms with van der Waals surface area (Å²) in [6.07, 6.45) is 0.880. The zero-order chi connectivity index (χ0) is 14.5. The average molecular weight is 279 g/mol. The van der Waals surface area contributed by atoms with Gasteiger partial charge in [0.15, 0.2) is 0 Å². The SMILES string of the molecule is COc1ccc(C(CCO)N2CC(CO)CC2=O)cc1. The molecule has 1 aromatic rings. The lowest BCUT2D eigenvalue weighted by Gasteiger charge is -2.28. The van der Waals surface area contributed by atoms with Gasteiger partial charge in [0.1, 0.15) is 5.75 Å². The van der Waals surface area contributed by atoms with E-state index < -0.39 is 0 Å². The lowest BCUT2D eigenvalue weighted by atomic mass is 10.0. The van der Waals surface area contributed by atoms with Crippen molar-refractivity contribution in [3.8, 4) is 5.75 Å². The van der Waals surface area contributed by atoms with Crippen LogP contribution in [0.5, 0.6) is 5.75 Å². The van der Waals surface area contributed by atoms with E-state index in [0.717, 1.165) is 11.3 Å². The Balaban J connectivity index is 2.19. The fraction of sp³-hybridized carbons (Fsp3) is 0.533. The van der Waals surface area contributed by atoms with Crippen molar-refractivity contribution in [2.24, 2.45) is 5.92 Å². The van der Waals surface area contributed by atoms with Crippen molar-refractivity contribution >= 4 is 5.91 Å². The maximum absolute atomic E-state index is 12.1. The number of rotatable bonds is 6. The van der Waals surface area contributed by atoms with E-state index in [-0.39, 0.29) is 31.1 Å². The Kier molecular flexibility index (Phi) is 4.98. The Bertz CT molecular complexity index is 446. The summed E-state index contributed by atoms with van der Waals surface area (Å²) < 4.78 is 5.13. The summed E-state index contributed by atoms with van der Waals surface area (Å²) in [5.74, 6) is 0.803. The van der Waals surface area contributed by atoms with Crippen LogP contribution >= 0.6 is 0 Å². The number of hydrogen-bond acceptors (Lipinski definition) is 4. The van der Waals surface area contributed by atoms with Gasteiger partial charge in [0.05, 0.1) is 13.2 Å². The third-order valence-corrected chi connectivity index (χ3v) is 3.78. The monoisotopic (exact) mass is 279 g/mol. The van der Waals surface area contributed by atoms with Gasteiger partial charge < -0.3 is 19.8 Å². The molecule has 1 fully saturated rings. The van der Waals surface area contributed by atoms with E-state index in [2.05, 4.69) is 0 Å². The fourth-order valence-corrected chi connectivity index (χ4v) is 2.68. The summed E-state index contributed by atoms with van der Waals surface area (Å²) in [5, 5.41) is 18.5. The maximum Gasteiger partial charge on any atom is 0.223 e. The summed E-state index contributed by atoms with van der Waals surface area (Å²) in [7, 11) is 1.61. The van der Waals surface area contributed by atoms with Gasteiger partial charge in [-0.05, 0) is 24.1 Å². The highest BCUT2D eigenvalue weighted by Crippen LogP contribution is 2.31. The van der Waals surface area contributed by atoms with Gasteiger partial charge in [-0.1, -0.05) is 12.1 Å². The lowest BCUT2D eigenvalue weighted by molar-refractivity contribution is -0.130. The van der Waals surface area contributed by atoms with E-state index in [9.17, 15) is 15.0 Å². The highest BCUT2D eigenvalue weighted by atomic mass is 16.5. The van der Waals surface area contributed by atoms with E-state index >= 15 is 0 Å². The van der Waals surface area contributed by atoms with Gasteiger partial charge in [0.2, 0.25) is 5.91 Å². The number of hydrogen-bond donors (Lipinski definition) is 2. The van der Waals surface area contributed by atoms with E-state index in [0.29, 0.717) is 19.4 Å². The molecule has 1 amide bonds. The van der Waals surface area contributed by atoms with Crippen LogP contribution in [0.25, 0.3) is 0 Å². The Labute approximate surface area is 118 Å². The van der Waals surface area contributed by atoms with Gasteiger partial charge in [-0.25, -0.2) is 0 Å². The third kappa shape index (κ3) is 3.11. The van der Waals surface area contributed by atoms with Crippen molar-refractivity contribution in [2.45, 2.75) is 18.9 Å². The summed E-state index contributed by atoms with van der Waals surface area (Å²) >= 11 is 0. The molecule has 2 N–H and O–H groups in total. The minimum absolute atomic E-state index is 0.00180. The Morgan fingerprint density at radius 2 is 2.05 bits per heavy atom. The second-order valence-electron chi connectivity index (χ2n) is 5.10. The zero-order valence-corrected chi connectivity index (χ0v) is 11.7. The largest absolute Gasteiger partial charge is 0.497 e. The predicted molar refractivity (Wildman–Crippen MR) is 74.3 cm³/mol. The van der Waals surface area contributed by atoms with Crippen molar-refractivity contribution in [2.75, 3.05) is 26.9 Å². The number of carbonyl (C=O) groups is 1. The fourth-order valence-electron chi connectivity index (χ4n) is 2.68. The number of likely N-dealkylation sites (tertiary alicyclic amines) is 1. The molecule has 5 nitrogen and oxygen atoms in total. The van der Waals surface area contributed by atoms with Crippen LogP contribution in [0.3, 0.4) is 0 Å². The molecule has 0 saturated carbocycles. The molecule has 0 aromatic heterocycles. The molecule has 110 valence electrons. The molecule has 1 aliphatic rings. The Hall–Kier alpha value is -1.59. The van der Waals surface area contributed by atoms with Crippen molar-refractivity contribution in [3.63, 3.8) is 0 Å². The highest BCUT2D eigenvalue weighted by molar-refractivity contribution is 5.79. The number of carbonyl (C=O) groups excluding carboxylic acids is 1. The van der Waals surface area contributed by atoms with Crippen LogP contribution in [-0.2, 0) is 4.79 Å². The third-order valence-electron chi connectivity index (χ3n) is 3.78. The molecule has 0 bridgehead atoms. The summed E-state index contributed by atoms with van der Waals surface area (Å²) in [4.78, 5) is 13.8. The molecule has 2 rings (SSSR count). The first kappa shape index (κ1) is 14.8. The number of methoxy groups -OCH3 is 1. The molecule has 0 spiro atoms. The summed E-state index contributed by atoms with van der Waals surface area (Å²) in [6.45, 7) is 0.590. The quantitative estimate of drug-likeness (QED) is 0.813. The molecule has 2 unspecified atom stereocenters. The Morgan fingerprint density at radius 1 is 1.35 bits per heavy atom. The molecule has 1 aliphatic heterocycles. The number of aliphatic hydroxyl groups is 2. The highest BCUT2D eigenvalue weighted by Gasteiger charge is 2.34. The molecule has 0 radical (unpaired) electrons. The maximum atomic E-state index is 12.1. The predicted octanol–water partition coefficient (Wildman–Crippen LogP) is 0.959. The molecule has 0 aliphatic carbocycles. The Morgan fingerprint density at radius 3 is 2.55 bits per heavy atom. The first-order valence-electron chi connectivity index (χ1n) is 6.84. The number of nitrogens with zero attached hydrogens (tertiary/aromatic N) is 1. The smallest absolute Gasteiger partial charge is 0.223 e. The lowest BCUT2D eigenvalue weighted by Crippen LogP contribution is -2.31. The number of aliphatic hydroxyl groups excluding tert-OH is 2. The summed E-state index contributed by atoms with van der Waals surface area (Å²) in [5.41, 5.74) is 0.979. The van der Waals surface area contributed by atoms with E-state index in [1.165, 1.54) is 0 Å². The van der Waals surface area contributed by atoms with Crippen LogP contribution in [0.4, 0.5) is 0 Å². The molecular formula is C15H21NO4. The van der Waals surface area contributed by atoms with Crippen molar-refractivity contribution in [1.29, 1.82) is 0 Å². The zero-order valence-electron chi connectivity index (χ0n) is 11.7. The number of amides is 1. The molecule has 1 heterocycles. The molecule has 5 heteroatoms. The molecular weight excluding hydrogens is 258 g/mol. The van der Waals surface area contributed by atoms with Gasteiger partial charge in [-0.15, -0.1) is 0 Å².